The molecule has 118 valence electrons. The third-order valence-electron chi connectivity index (χ3n) is 2.74. The first-order valence-electron chi connectivity index (χ1n) is 6.99. The highest BCUT2D eigenvalue weighted by Crippen LogP contribution is 2.28. The van der Waals surface area contributed by atoms with Crippen molar-refractivity contribution >= 4 is 34.1 Å². The van der Waals surface area contributed by atoms with Gasteiger partial charge in [0.1, 0.15) is 5.75 Å². The molecule has 1 N–H and O–H groups in total. The third kappa shape index (κ3) is 4.71. The van der Waals surface area contributed by atoms with Gasteiger partial charge in [0.05, 0.1) is 0 Å². The molecule has 7 heteroatoms. The Morgan fingerprint density at radius 3 is 2.68 bits per heavy atom. The first-order chi connectivity index (χ1) is 10.5. The van der Waals surface area contributed by atoms with Crippen molar-refractivity contribution in [2.24, 2.45) is 0 Å². The van der Waals surface area contributed by atoms with Gasteiger partial charge in [0.15, 0.2) is 10.4 Å². The molecular formula is C15H19N3O2S2. The SMILES string of the molecule is Cc1ccccc1O[C@H](C)C(=O)Nc1nnc(SC(C)C)s1. The van der Waals surface area contributed by atoms with E-state index in [0.29, 0.717) is 16.1 Å². The molecule has 2 aromatic rings. The molecule has 0 fully saturated rings. The molecule has 0 aliphatic carbocycles. The maximum Gasteiger partial charge on any atom is 0.266 e. The van der Waals surface area contributed by atoms with Crippen LogP contribution in [0.2, 0.25) is 0 Å². The molecule has 1 amide bonds. The standard InChI is InChI=1S/C15H19N3O2S2/c1-9(2)21-15-18-17-14(22-15)16-13(19)11(4)20-12-8-6-5-7-10(12)3/h5-9,11H,1-4H3,(H,16,17,19)/t11-/m1/s1. The van der Waals surface area contributed by atoms with E-state index in [9.17, 15) is 4.79 Å². The molecule has 0 saturated carbocycles. The van der Waals surface area contributed by atoms with Gasteiger partial charge in [0.25, 0.3) is 5.91 Å². The normalized spacial score (nSPS) is 12.2. The summed E-state index contributed by atoms with van der Waals surface area (Å²) >= 11 is 2.99. The van der Waals surface area contributed by atoms with E-state index < -0.39 is 6.10 Å². The summed E-state index contributed by atoms with van der Waals surface area (Å²) in [4.78, 5) is 12.2. The fourth-order valence-corrected chi connectivity index (χ4v) is 3.63. The van der Waals surface area contributed by atoms with Crippen LogP contribution in [0.1, 0.15) is 26.3 Å². The van der Waals surface area contributed by atoms with Gasteiger partial charge >= 0.3 is 0 Å². The van der Waals surface area contributed by atoms with E-state index in [2.05, 4.69) is 29.4 Å². The highest BCUT2D eigenvalue weighted by atomic mass is 32.2. The molecule has 0 unspecified atom stereocenters. The molecule has 0 radical (unpaired) electrons. The number of anilines is 1. The molecule has 1 aromatic carbocycles. The van der Waals surface area contributed by atoms with E-state index in [1.165, 1.54) is 11.3 Å². The fourth-order valence-electron chi connectivity index (χ4n) is 1.65. The van der Waals surface area contributed by atoms with Crippen LogP contribution in [0, 0.1) is 6.92 Å². The molecule has 1 heterocycles. The lowest BCUT2D eigenvalue weighted by molar-refractivity contribution is -0.122. The average molecular weight is 337 g/mol. The van der Waals surface area contributed by atoms with Crippen molar-refractivity contribution in [1.82, 2.24) is 10.2 Å². The van der Waals surface area contributed by atoms with E-state index in [1.54, 1.807) is 18.7 Å². The Morgan fingerprint density at radius 2 is 2.00 bits per heavy atom. The number of carbonyl (C=O) groups excluding carboxylic acids is 1. The number of aromatic nitrogens is 2. The summed E-state index contributed by atoms with van der Waals surface area (Å²) in [6.07, 6.45) is -0.605. The number of nitrogens with one attached hydrogen (secondary N) is 1. The maximum atomic E-state index is 12.2. The van der Waals surface area contributed by atoms with Gasteiger partial charge in [-0.1, -0.05) is 55.1 Å². The van der Waals surface area contributed by atoms with Crippen molar-refractivity contribution in [2.75, 3.05) is 5.32 Å². The largest absolute Gasteiger partial charge is 0.481 e. The minimum absolute atomic E-state index is 0.236. The number of amides is 1. The predicted molar refractivity (Wildman–Crippen MR) is 90.8 cm³/mol. The van der Waals surface area contributed by atoms with E-state index in [4.69, 9.17) is 4.74 Å². The number of hydrogen-bond donors (Lipinski definition) is 1. The van der Waals surface area contributed by atoms with Crippen LogP contribution < -0.4 is 10.1 Å². The molecule has 0 aliphatic rings. The topological polar surface area (TPSA) is 64.1 Å². The van der Waals surface area contributed by atoms with Gasteiger partial charge in [0, 0.05) is 5.25 Å². The number of para-hydroxylation sites is 1. The van der Waals surface area contributed by atoms with E-state index >= 15 is 0 Å². The second-order valence-electron chi connectivity index (χ2n) is 5.05. The highest BCUT2D eigenvalue weighted by Gasteiger charge is 2.18. The number of rotatable bonds is 6. The Hall–Kier alpha value is -1.60. The molecule has 2 rings (SSSR count). The number of benzene rings is 1. The van der Waals surface area contributed by atoms with Crippen molar-refractivity contribution in [3.63, 3.8) is 0 Å². The number of thioether (sulfide) groups is 1. The number of carbonyl (C=O) groups is 1. The molecule has 0 saturated heterocycles. The molecular weight excluding hydrogens is 318 g/mol. The molecule has 1 aromatic heterocycles. The van der Waals surface area contributed by atoms with Crippen LogP contribution in [-0.2, 0) is 4.79 Å². The summed E-state index contributed by atoms with van der Waals surface area (Å²) in [6, 6.07) is 7.61. The van der Waals surface area contributed by atoms with Gasteiger partial charge in [-0.15, -0.1) is 10.2 Å². The van der Waals surface area contributed by atoms with Crippen LogP contribution in [0.25, 0.3) is 0 Å². The smallest absolute Gasteiger partial charge is 0.266 e. The van der Waals surface area contributed by atoms with Gasteiger partial charge in [0.2, 0.25) is 5.13 Å². The summed E-state index contributed by atoms with van der Waals surface area (Å²) in [5.41, 5.74) is 0.994. The fraction of sp³-hybridized carbons (Fsp3) is 0.400. The molecule has 1 atom stereocenters. The van der Waals surface area contributed by atoms with Crippen molar-refractivity contribution in [1.29, 1.82) is 0 Å². The van der Waals surface area contributed by atoms with Gasteiger partial charge in [-0.05, 0) is 25.5 Å². The zero-order valence-corrected chi connectivity index (χ0v) is 14.6. The molecule has 22 heavy (non-hydrogen) atoms. The predicted octanol–water partition coefficient (Wildman–Crippen LogP) is 3.75. The minimum Gasteiger partial charge on any atom is -0.481 e. The first kappa shape index (κ1) is 16.8. The van der Waals surface area contributed by atoms with Crippen molar-refractivity contribution in [3.8, 4) is 5.75 Å². The second kappa shape index (κ2) is 7.60. The van der Waals surface area contributed by atoms with Crippen LogP contribution in [0.4, 0.5) is 5.13 Å². The van der Waals surface area contributed by atoms with Gasteiger partial charge in [-0.2, -0.15) is 0 Å². The van der Waals surface area contributed by atoms with E-state index in [-0.39, 0.29) is 5.91 Å². The van der Waals surface area contributed by atoms with Crippen LogP contribution in [0.5, 0.6) is 5.75 Å². The number of aryl methyl sites for hydroxylation is 1. The van der Waals surface area contributed by atoms with Gasteiger partial charge in [-0.3, -0.25) is 10.1 Å². The Kier molecular flexibility index (Phi) is 5.79. The zero-order valence-electron chi connectivity index (χ0n) is 13.0. The zero-order chi connectivity index (χ0) is 16.1. The highest BCUT2D eigenvalue weighted by molar-refractivity contribution is 8.01. The number of nitrogens with zero attached hydrogens (tertiary/aromatic N) is 2. The molecule has 5 nitrogen and oxygen atoms in total. The summed E-state index contributed by atoms with van der Waals surface area (Å²) in [7, 11) is 0. The third-order valence-corrected chi connectivity index (χ3v) is 4.67. The maximum absolute atomic E-state index is 12.2. The quantitative estimate of drug-likeness (QED) is 0.642. The Balaban J connectivity index is 1.94. The van der Waals surface area contributed by atoms with Crippen LogP contribution >= 0.6 is 23.1 Å². The van der Waals surface area contributed by atoms with Crippen LogP contribution in [0.3, 0.4) is 0 Å². The summed E-state index contributed by atoms with van der Waals surface area (Å²) in [6.45, 7) is 7.83. The van der Waals surface area contributed by atoms with Crippen LogP contribution in [-0.4, -0.2) is 27.5 Å². The molecule has 0 spiro atoms. The average Bonchev–Trinajstić information content (AvgIpc) is 2.87. The van der Waals surface area contributed by atoms with E-state index in [1.807, 2.05) is 31.2 Å². The molecule has 0 bridgehead atoms. The number of ether oxygens (including phenoxy) is 1. The van der Waals surface area contributed by atoms with Gasteiger partial charge < -0.3 is 4.74 Å². The first-order valence-corrected chi connectivity index (χ1v) is 8.68. The second-order valence-corrected chi connectivity index (χ2v) is 7.86. The van der Waals surface area contributed by atoms with Crippen molar-refractivity contribution in [2.45, 2.75) is 43.4 Å². The number of hydrogen-bond acceptors (Lipinski definition) is 6. The van der Waals surface area contributed by atoms with Crippen LogP contribution in [0.15, 0.2) is 28.6 Å². The Morgan fingerprint density at radius 1 is 1.27 bits per heavy atom. The monoisotopic (exact) mass is 337 g/mol. The summed E-state index contributed by atoms with van der Waals surface area (Å²) in [5, 5.41) is 11.7. The lowest BCUT2D eigenvalue weighted by atomic mass is 10.2. The minimum atomic E-state index is -0.605. The van der Waals surface area contributed by atoms with Crippen molar-refractivity contribution in [3.05, 3.63) is 29.8 Å². The Labute approximate surface area is 138 Å². The van der Waals surface area contributed by atoms with Gasteiger partial charge in [-0.25, -0.2) is 0 Å². The van der Waals surface area contributed by atoms with E-state index in [0.717, 1.165) is 9.90 Å². The van der Waals surface area contributed by atoms with Crippen molar-refractivity contribution < 1.29 is 9.53 Å². The lowest BCUT2D eigenvalue weighted by Gasteiger charge is -2.15. The Bertz CT molecular complexity index is 643. The summed E-state index contributed by atoms with van der Waals surface area (Å²) in [5.74, 6) is 0.471. The molecule has 0 aliphatic heterocycles. The lowest BCUT2D eigenvalue weighted by Crippen LogP contribution is -2.30. The summed E-state index contributed by atoms with van der Waals surface area (Å²) < 4.78 is 6.53.